The van der Waals surface area contributed by atoms with E-state index in [1.165, 1.54) is 0 Å². The van der Waals surface area contributed by atoms with Gasteiger partial charge in [-0.15, -0.1) is 0 Å². The zero-order valence-electron chi connectivity index (χ0n) is 20.3. The van der Waals surface area contributed by atoms with Gasteiger partial charge in [-0.05, 0) is 44.4 Å². The predicted molar refractivity (Wildman–Crippen MR) is 128 cm³/mol. The molecule has 8 nitrogen and oxygen atoms in total. The normalized spacial score (nSPS) is 34.6. The topological polar surface area (TPSA) is 94.5 Å². The number of rotatable bonds is 8. The number of methoxy groups -OCH3 is 1. The summed E-state index contributed by atoms with van der Waals surface area (Å²) in [7, 11) is 1.60. The van der Waals surface area contributed by atoms with Crippen LogP contribution in [0.25, 0.3) is 0 Å². The number of Topliss-reactive ketones (excluding diaryl/α,β-unsaturated/α-hetero) is 1. The molecule has 9 heteroatoms. The Labute approximate surface area is 205 Å². The number of ether oxygens (including phenoxy) is 4. The van der Waals surface area contributed by atoms with Crippen molar-refractivity contribution in [2.24, 2.45) is 5.92 Å². The van der Waals surface area contributed by atoms with E-state index < -0.39 is 18.1 Å². The van der Waals surface area contributed by atoms with Gasteiger partial charge in [0.2, 0.25) is 0 Å². The number of aliphatic hydroxyl groups excluding tert-OH is 1. The number of carbonyl (C=O) groups excluding carboxylic acids is 2. The minimum atomic E-state index is -1.07. The first-order valence-corrected chi connectivity index (χ1v) is 13.0. The van der Waals surface area contributed by atoms with E-state index in [0.717, 1.165) is 35.9 Å². The Morgan fingerprint density at radius 2 is 1.85 bits per heavy atom. The van der Waals surface area contributed by atoms with Crippen LogP contribution < -0.4 is 4.74 Å². The maximum atomic E-state index is 13.1. The number of ketones is 1. The Kier molecular flexibility index (Phi) is 7.89. The predicted octanol–water partition coefficient (Wildman–Crippen LogP) is 3.74. The van der Waals surface area contributed by atoms with E-state index in [2.05, 4.69) is 0 Å². The van der Waals surface area contributed by atoms with Gasteiger partial charge >= 0.3 is 0 Å². The molecule has 3 saturated heterocycles. The average Bonchev–Trinajstić information content (AvgIpc) is 3.30. The van der Waals surface area contributed by atoms with Crippen LogP contribution in [0.4, 0.5) is 4.79 Å². The van der Waals surface area contributed by atoms with Crippen molar-refractivity contribution in [2.75, 3.05) is 12.9 Å². The first-order valence-electron chi connectivity index (χ1n) is 12.0. The van der Waals surface area contributed by atoms with Gasteiger partial charge in [-0.3, -0.25) is 9.59 Å². The molecule has 1 amide bonds. The van der Waals surface area contributed by atoms with Gasteiger partial charge in [-0.1, -0.05) is 30.8 Å². The van der Waals surface area contributed by atoms with Crippen molar-refractivity contribution >= 4 is 22.8 Å². The van der Waals surface area contributed by atoms with E-state index in [9.17, 15) is 14.7 Å². The number of hydrogen-bond donors (Lipinski definition) is 1. The lowest BCUT2D eigenvalue weighted by Gasteiger charge is -2.41. The molecule has 0 bridgehead atoms. The van der Waals surface area contributed by atoms with Crippen molar-refractivity contribution in [1.29, 1.82) is 0 Å². The second kappa shape index (κ2) is 10.5. The number of thioether (sulfide) groups is 1. The van der Waals surface area contributed by atoms with Gasteiger partial charge in [0.05, 0.1) is 31.5 Å². The number of amides is 1. The lowest BCUT2D eigenvalue weighted by atomic mass is 9.92. The van der Waals surface area contributed by atoms with E-state index in [0.29, 0.717) is 18.7 Å². The molecule has 4 rings (SSSR count). The van der Waals surface area contributed by atoms with Crippen molar-refractivity contribution in [3.63, 3.8) is 0 Å². The van der Waals surface area contributed by atoms with Crippen molar-refractivity contribution in [3.05, 3.63) is 29.8 Å². The van der Waals surface area contributed by atoms with Crippen LogP contribution in [0.5, 0.6) is 5.75 Å². The fourth-order valence-corrected chi connectivity index (χ4v) is 5.81. The summed E-state index contributed by atoms with van der Waals surface area (Å²) in [6, 6.07) is 6.90. The minimum Gasteiger partial charge on any atom is -0.497 e. The second-order valence-corrected chi connectivity index (χ2v) is 10.6. The zero-order valence-corrected chi connectivity index (χ0v) is 21.1. The summed E-state index contributed by atoms with van der Waals surface area (Å²) in [6.45, 7) is 6.32. The van der Waals surface area contributed by atoms with Gasteiger partial charge < -0.3 is 29.0 Å². The Morgan fingerprint density at radius 1 is 1.18 bits per heavy atom. The standard InChI is InChI=1S/C25H35NO7S/c1-15-5-8-21(33-25(15)31-16(2)17(3)32-25)11-19(27)12-23(28)22-14-34-24(29)26(22)13-18-6-9-20(30-4)10-7-18/h6-7,9-10,15-17,19,21-22,27H,5,8,11-14H2,1-4H3. The molecule has 3 fully saturated rings. The summed E-state index contributed by atoms with van der Waals surface area (Å²) in [6.07, 6.45) is 0.674. The molecular weight excluding hydrogens is 458 g/mol. The van der Waals surface area contributed by atoms with Gasteiger partial charge in [0.25, 0.3) is 11.2 Å². The van der Waals surface area contributed by atoms with Gasteiger partial charge in [-0.2, -0.15) is 0 Å². The number of benzene rings is 1. The van der Waals surface area contributed by atoms with Crippen molar-refractivity contribution in [3.8, 4) is 5.75 Å². The van der Waals surface area contributed by atoms with E-state index in [1.807, 2.05) is 45.0 Å². The largest absolute Gasteiger partial charge is 0.497 e. The average molecular weight is 494 g/mol. The molecule has 6 atom stereocenters. The van der Waals surface area contributed by atoms with Gasteiger partial charge in [0.15, 0.2) is 5.78 Å². The second-order valence-electron chi connectivity index (χ2n) is 9.60. The SMILES string of the molecule is COc1ccc(CN2C(=O)SCC2C(=O)CC(O)CC2CCC(C)C3(O2)OC(C)C(C)O3)cc1. The van der Waals surface area contributed by atoms with Crippen LogP contribution in [-0.4, -0.2) is 70.3 Å². The molecule has 6 unspecified atom stereocenters. The maximum Gasteiger partial charge on any atom is 0.286 e. The summed E-state index contributed by atoms with van der Waals surface area (Å²) in [5.41, 5.74) is 0.921. The molecule has 0 saturated carbocycles. The number of aliphatic hydroxyl groups is 1. The highest BCUT2D eigenvalue weighted by Gasteiger charge is 2.53. The zero-order chi connectivity index (χ0) is 24.5. The molecule has 0 aromatic heterocycles. The van der Waals surface area contributed by atoms with Gasteiger partial charge in [0, 0.05) is 31.1 Å². The molecule has 3 heterocycles. The summed E-state index contributed by atoms with van der Waals surface area (Å²) >= 11 is 1.15. The van der Waals surface area contributed by atoms with Crippen LogP contribution in [0.15, 0.2) is 24.3 Å². The van der Waals surface area contributed by atoms with Crippen molar-refractivity contribution < 1.29 is 33.6 Å². The molecule has 0 aliphatic carbocycles. The summed E-state index contributed by atoms with van der Waals surface area (Å²) in [4.78, 5) is 27.1. The molecular formula is C25H35NO7S. The molecule has 1 spiro atoms. The van der Waals surface area contributed by atoms with E-state index in [1.54, 1.807) is 12.0 Å². The monoisotopic (exact) mass is 493 g/mol. The maximum absolute atomic E-state index is 13.1. The van der Waals surface area contributed by atoms with Gasteiger partial charge in [0.1, 0.15) is 11.8 Å². The summed E-state index contributed by atoms with van der Waals surface area (Å²) < 4.78 is 23.5. The highest BCUT2D eigenvalue weighted by atomic mass is 32.2. The molecule has 34 heavy (non-hydrogen) atoms. The molecule has 1 aromatic carbocycles. The first kappa shape index (κ1) is 25.4. The van der Waals surface area contributed by atoms with Gasteiger partial charge in [-0.25, -0.2) is 0 Å². The summed E-state index contributed by atoms with van der Waals surface area (Å²) in [5, 5.41) is 10.6. The van der Waals surface area contributed by atoms with E-state index in [4.69, 9.17) is 18.9 Å². The van der Waals surface area contributed by atoms with Crippen LogP contribution in [0.2, 0.25) is 0 Å². The molecule has 1 N–H and O–H groups in total. The molecule has 188 valence electrons. The van der Waals surface area contributed by atoms with Crippen molar-refractivity contribution in [2.45, 2.75) is 89.4 Å². The molecule has 3 aliphatic rings. The Morgan fingerprint density at radius 3 is 2.50 bits per heavy atom. The fraction of sp³-hybridized carbons (Fsp3) is 0.680. The highest BCUT2D eigenvalue weighted by molar-refractivity contribution is 8.13. The number of carbonyl (C=O) groups is 2. The van der Waals surface area contributed by atoms with Crippen LogP contribution in [-0.2, 0) is 25.5 Å². The number of hydrogen-bond acceptors (Lipinski definition) is 8. The third-order valence-corrected chi connectivity index (χ3v) is 8.01. The van der Waals surface area contributed by atoms with E-state index >= 15 is 0 Å². The first-order chi connectivity index (χ1) is 16.2. The Balaban J connectivity index is 1.33. The fourth-order valence-electron chi connectivity index (χ4n) is 4.79. The van der Waals surface area contributed by atoms with Crippen LogP contribution in [0.3, 0.4) is 0 Å². The third-order valence-electron chi connectivity index (χ3n) is 7.05. The Hall–Kier alpha value is -1.65. The molecule has 3 aliphatic heterocycles. The Bertz CT molecular complexity index is 869. The third kappa shape index (κ3) is 5.44. The molecule has 1 aromatic rings. The number of nitrogens with zero attached hydrogens (tertiary/aromatic N) is 1. The van der Waals surface area contributed by atoms with E-state index in [-0.39, 0.29) is 41.7 Å². The van der Waals surface area contributed by atoms with Crippen LogP contribution in [0.1, 0.15) is 52.0 Å². The van der Waals surface area contributed by atoms with Crippen molar-refractivity contribution in [1.82, 2.24) is 4.90 Å². The minimum absolute atomic E-state index is 0.0193. The lowest BCUT2D eigenvalue weighted by molar-refractivity contribution is -0.396. The smallest absolute Gasteiger partial charge is 0.286 e. The van der Waals surface area contributed by atoms with Crippen LogP contribution >= 0.6 is 11.8 Å². The summed E-state index contributed by atoms with van der Waals surface area (Å²) in [5.74, 6) is 0.0186. The quantitative estimate of drug-likeness (QED) is 0.585. The lowest BCUT2D eigenvalue weighted by Crippen LogP contribution is -2.49. The molecule has 0 radical (unpaired) electrons. The highest BCUT2D eigenvalue weighted by Crippen LogP contribution is 2.43. The van der Waals surface area contributed by atoms with Crippen LogP contribution in [0, 0.1) is 5.92 Å².